The molecule has 0 fully saturated rings. The maximum Gasteiger partial charge on any atom is 0.270 e. The van der Waals surface area contributed by atoms with Crippen LogP contribution < -0.4 is 10.2 Å². The van der Waals surface area contributed by atoms with E-state index in [0.29, 0.717) is 18.9 Å². The Labute approximate surface area is 199 Å². The van der Waals surface area contributed by atoms with E-state index in [-0.39, 0.29) is 34.1 Å². The molecule has 0 aliphatic rings. The number of carbonyl (C=O) groups is 1. The van der Waals surface area contributed by atoms with Gasteiger partial charge in [0.15, 0.2) is 0 Å². The lowest BCUT2D eigenvalue weighted by atomic mass is 9.89. The summed E-state index contributed by atoms with van der Waals surface area (Å²) in [6.07, 6.45) is 2.13. The Kier molecular flexibility index (Phi) is 8.66. The first kappa shape index (κ1) is 27.5. The molecule has 9 heteroatoms. The molecule has 1 amide bonds. The second-order valence-corrected chi connectivity index (χ2v) is 9.31. The van der Waals surface area contributed by atoms with Gasteiger partial charge in [-0.1, -0.05) is 27.7 Å². The number of amides is 1. The third-order valence-electron chi connectivity index (χ3n) is 5.48. The zero-order valence-electron chi connectivity index (χ0n) is 20.8. The van der Waals surface area contributed by atoms with Gasteiger partial charge in [0, 0.05) is 55.7 Å². The summed E-state index contributed by atoms with van der Waals surface area (Å²) < 4.78 is 57.9. The maximum atomic E-state index is 14.5. The lowest BCUT2D eigenvalue weighted by Crippen LogP contribution is -2.30. The van der Waals surface area contributed by atoms with Crippen molar-refractivity contribution in [2.45, 2.75) is 72.6 Å². The summed E-state index contributed by atoms with van der Waals surface area (Å²) >= 11 is 0. The Morgan fingerprint density at radius 1 is 1.15 bits per heavy atom. The number of halogens is 4. The van der Waals surface area contributed by atoms with Crippen LogP contribution in [0.25, 0.3) is 11.3 Å². The third kappa shape index (κ3) is 6.90. The Morgan fingerprint density at radius 3 is 2.29 bits per heavy atom. The van der Waals surface area contributed by atoms with Crippen LogP contribution in [0.1, 0.15) is 71.9 Å². The van der Waals surface area contributed by atoms with Crippen molar-refractivity contribution in [1.29, 1.82) is 0 Å². The molecule has 0 aliphatic carbocycles. The highest BCUT2D eigenvalue weighted by Crippen LogP contribution is 2.42. The Bertz CT molecular complexity index is 999. The van der Waals surface area contributed by atoms with Gasteiger partial charge in [-0.2, -0.15) is 0 Å². The van der Waals surface area contributed by atoms with Crippen LogP contribution in [0.5, 0.6) is 0 Å². The van der Waals surface area contributed by atoms with Crippen LogP contribution in [-0.2, 0) is 10.7 Å². The van der Waals surface area contributed by atoms with Crippen LogP contribution in [0.4, 0.5) is 29.2 Å². The molecule has 2 rings (SSSR count). The molecule has 1 N–H and O–H groups in total. The van der Waals surface area contributed by atoms with Crippen LogP contribution >= 0.6 is 0 Å². The molecule has 0 bridgehead atoms. The monoisotopic (exact) mass is 482 g/mol. The molecule has 0 aromatic carbocycles. The summed E-state index contributed by atoms with van der Waals surface area (Å²) in [6.45, 7) is 11.4. The number of nitrogens with zero attached hydrogens (tertiary/aromatic N) is 3. The van der Waals surface area contributed by atoms with E-state index in [4.69, 9.17) is 0 Å². The molecule has 0 unspecified atom stereocenters. The summed E-state index contributed by atoms with van der Waals surface area (Å²) in [4.78, 5) is 22.4. The normalized spacial score (nSPS) is 13.2. The number of nitrogens with one attached hydrogen (secondary N) is 1. The first-order valence-corrected chi connectivity index (χ1v) is 11.4. The average Bonchev–Trinajstić information content (AvgIpc) is 2.70. The molecule has 0 saturated carbocycles. The number of pyridine rings is 2. The molecule has 0 spiro atoms. The van der Waals surface area contributed by atoms with E-state index in [0.717, 1.165) is 20.3 Å². The SMILES string of the molecule is CCCN(CC(C)C)c1cc(C(C)(F)F)cc(-c2ccnc(NC(C)=O)c2[C@@H](C)C(C)(F)F)n1. The van der Waals surface area contributed by atoms with Crippen molar-refractivity contribution >= 4 is 17.5 Å². The minimum absolute atomic E-state index is 0.0383. The molecule has 34 heavy (non-hydrogen) atoms. The molecule has 1 atom stereocenters. The van der Waals surface area contributed by atoms with Crippen molar-refractivity contribution in [1.82, 2.24) is 9.97 Å². The van der Waals surface area contributed by atoms with Gasteiger partial charge in [0.2, 0.25) is 5.91 Å². The van der Waals surface area contributed by atoms with Gasteiger partial charge in [-0.25, -0.2) is 27.5 Å². The lowest BCUT2D eigenvalue weighted by molar-refractivity contribution is -0.114. The highest BCUT2D eigenvalue weighted by Gasteiger charge is 2.36. The average molecular weight is 483 g/mol. The standard InChI is InChI=1S/C25H34F4N4O/c1-8-11-33(14-15(2)3)21-13-18(25(7,28)29)12-20(32-21)19-9-10-30-23(31-17(5)34)22(19)16(4)24(6,26)27/h9-10,12-13,15-16H,8,11,14H2,1-7H3,(H,30,31,34)/t16-/m1/s1. The Morgan fingerprint density at radius 2 is 1.79 bits per heavy atom. The number of hydrogen-bond donors (Lipinski definition) is 1. The second-order valence-electron chi connectivity index (χ2n) is 9.31. The largest absolute Gasteiger partial charge is 0.356 e. The second kappa shape index (κ2) is 10.7. The molecule has 2 aromatic heterocycles. The van der Waals surface area contributed by atoms with Crippen LogP contribution in [0, 0.1) is 5.92 Å². The highest BCUT2D eigenvalue weighted by molar-refractivity contribution is 5.90. The summed E-state index contributed by atoms with van der Waals surface area (Å²) in [7, 11) is 0. The number of carbonyl (C=O) groups excluding carboxylic acids is 1. The zero-order chi connectivity index (χ0) is 25.8. The maximum absolute atomic E-state index is 14.5. The van der Waals surface area contributed by atoms with Crippen molar-refractivity contribution in [3.8, 4) is 11.3 Å². The van der Waals surface area contributed by atoms with E-state index >= 15 is 0 Å². The van der Waals surface area contributed by atoms with Crippen LogP contribution in [0.2, 0.25) is 0 Å². The Hall–Kier alpha value is -2.71. The molecule has 2 aromatic rings. The quantitative estimate of drug-likeness (QED) is 0.377. The van der Waals surface area contributed by atoms with Gasteiger partial charge in [-0.3, -0.25) is 4.79 Å². The molecular formula is C25H34F4N4O. The molecule has 0 saturated heterocycles. The predicted octanol–water partition coefficient (Wildman–Crippen LogP) is 6.84. The third-order valence-corrected chi connectivity index (χ3v) is 5.48. The molecule has 0 radical (unpaired) electrons. The van der Waals surface area contributed by atoms with Crippen molar-refractivity contribution < 1.29 is 22.4 Å². The summed E-state index contributed by atoms with van der Waals surface area (Å²) in [5.74, 6) is -7.61. The zero-order valence-corrected chi connectivity index (χ0v) is 20.8. The molecule has 2 heterocycles. The molecular weight excluding hydrogens is 448 g/mol. The fraction of sp³-hybridized carbons (Fsp3) is 0.560. The summed E-state index contributed by atoms with van der Waals surface area (Å²) in [5.41, 5.74) is 0.128. The summed E-state index contributed by atoms with van der Waals surface area (Å²) in [6, 6.07) is 4.05. The van der Waals surface area contributed by atoms with Crippen molar-refractivity contribution in [3.05, 3.63) is 35.5 Å². The first-order valence-electron chi connectivity index (χ1n) is 11.4. The number of anilines is 2. The van der Waals surface area contributed by atoms with Gasteiger partial charge >= 0.3 is 0 Å². The van der Waals surface area contributed by atoms with Gasteiger partial charge in [0.05, 0.1) is 5.69 Å². The summed E-state index contributed by atoms with van der Waals surface area (Å²) in [5, 5.41) is 2.50. The lowest BCUT2D eigenvalue weighted by Gasteiger charge is -2.28. The fourth-order valence-electron chi connectivity index (χ4n) is 3.73. The number of hydrogen-bond acceptors (Lipinski definition) is 4. The Balaban J connectivity index is 2.85. The number of aromatic nitrogens is 2. The first-order chi connectivity index (χ1) is 15.6. The highest BCUT2D eigenvalue weighted by atomic mass is 19.3. The van der Waals surface area contributed by atoms with Gasteiger partial charge in [0.25, 0.3) is 11.8 Å². The van der Waals surface area contributed by atoms with Crippen LogP contribution in [-0.4, -0.2) is 34.9 Å². The van der Waals surface area contributed by atoms with E-state index in [2.05, 4.69) is 15.3 Å². The van der Waals surface area contributed by atoms with E-state index in [1.807, 2.05) is 25.7 Å². The van der Waals surface area contributed by atoms with Crippen LogP contribution in [0.15, 0.2) is 24.4 Å². The van der Waals surface area contributed by atoms with Crippen molar-refractivity contribution in [2.24, 2.45) is 5.92 Å². The van der Waals surface area contributed by atoms with E-state index in [1.54, 1.807) is 0 Å². The number of alkyl halides is 4. The van der Waals surface area contributed by atoms with E-state index in [1.165, 1.54) is 38.2 Å². The smallest absolute Gasteiger partial charge is 0.270 e. The van der Waals surface area contributed by atoms with Crippen molar-refractivity contribution in [3.63, 3.8) is 0 Å². The van der Waals surface area contributed by atoms with Gasteiger partial charge < -0.3 is 10.2 Å². The van der Waals surface area contributed by atoms with Crippen molar-refractivity contribution in [2.75, 3.05) is 23.3 Å². The van der Waals surface area contributed by atoms with E-state index in [9.17, 15) is 22.4 Å². The minimum Gasteiger partial charge on any atom is -0.356 e. The van der Waals surface area contributed by atoms with Crippen LogP contribution in [0.3, 0.4) is 0 Å². The number of rotatable bonds is 10. The van der Waals surface area contributed by atoms with E-state index < -0.39 is 23.7 Å². The minimum atomic E-state index is -3.17. The molecule has 0 aliphatic heterocycles. The van der Waals surface area contributed by atoms with Gasteiger partial charge in [-0.15, -0.1) is 0 Å². The topological polar surface area (TPSA) is 58.1 Å². The van der Waals surface area contributed by atoms with Gasteiger partial charge in [-0.05, 0) is 37.5 Å². The molecule has 188 valence electrons. The fourth-order valence-corrected chi connectivity index (χ4v) is 3.73. The van der Waals surface area contributed by atoms with Gasteiger partial charge in [0.1, 0.15) is 11.6 Å². The molecule has 5 nitrogen and oxygen atoms in total. The predicted molar refractivity (Wildman–Crippen MR) is 128 cm³/mol.